The van der Waals surface area contributed by atoms with Crippen LogP contribution in [0.15, 0.2) is 15.9 Å². The molecule has 2 nitrogen and oxygen atoms in total. The summed E-state index contributed by atoms with van der Waals surface area (Å²) in [4.78, 5) is 1.28. The zero-order chi connectivity index (χ0) is 10.7. The zero-order valence-electron chi connectivity index (χ0n) is 8.62. The van der Waals surface area contributed by atoms with Gasteiger partial charge >= 0.3 is 0 Å². The first kappa shape index (κ1) is 11.6. The van der Waals surface area contributed by atoms with Gasteiger partial charge < -0.3 is 10.5 Å². The Morgan fingerprint density at radius 3 is 3.07 bits per heavy atom. The molecule has 2 rings (SSSR count). The van der Waals surface area contributed by atoms with Crippen molar-refractivity contribution in [2.45, 2.75) is 44.4 Å². The van der Waals surface area contributed by atoms with Crippen LogP contribution >= 0.6 is 27.3 Å². The van der Waals surface area contributed by atoms with Gasteiger partial charge in [0.25, 0.3) is 0 Å². The van der Waals surface area contributed by atoms with Gasteiger partial charge in [0.15, 0.2) is 0 Å². The molecule has 0 aromatic carbocycles. The third-order valence-electron chi connectivity index (χ3n) is 2.75. The number of hydrogen-bond donors (Lipinski definition) is 1. The lowest BCUT2D eigenvalue weighted by atomic mass is 9.94. The van der Waals surface area contributed by atoms with E-state index in [4.69, 9.17) is 10.5 Å². The standard InChI is InChI=1S/C11H16BrNOS/c12-8-4-11(15-7-8)6-14-10-3-1-2-9(13)5-10/h4,7,9-10H,1-3,5-6,13H2. The maximum atomic E-state index is 5.91. The molecule has 15 heavy (non-hydrogen) atoms. The van der Waals surface area contributed by atoms with Crippen LogP contribution in [0.4, 0.5) is 0 Å². The first-order chi connectivity index (χ1) is 7.24. The van der Waals surface area contributed by atoms with Gasteiger partial charge in [0.2, 0.25) is 0 Å². The van der Waals surface area contributed by atoms with Crippen LogP contribution in [0.1, 0.15) is 30.6 Å². The smallest absolute Gasteiger partial charge is 0.0813 e. The van der Waals surface area contributed by atoms with Crippen LogP contribution in [0.3, 0.4) is 0 Å². The summed E-state index contributed by atoms with van der Waals surface area (Å²) in [5.74, 6) is 0. The van der Waals surface area contributed by atoms with Gasteiger partial charge in [-0.05, 0) is 47.7 Å². The Morgan fingerprint density at radius 2 is 2.40 bits per heavy atom. The van der Waals surface area contributed by atoms with Gasteiger partial charge in [0.1, 0.15) is 0 Å². The second-order valence-corrected chi connectivity index (χ2v) is 6.00. The van der Waals surface area contributed by atoms with Crippen molar-refractivity contribution in [1.82, 2.24) is 0 Å². The lowest BCUT2D eigenvalue weighted by molar-refractivity contribution is 0.0135. The molecule has 1 aromatic rings. The molecule has 2 N–H and O–H groups in total. The molecular formula is C11H16BrNOS. The summed E-state index contributed by atoms with van der Waals surface area (Å²) in [6, 6.07) is 2.46. The highest BCUT2D eigenvalue weighted by molar-refractivity contribution is 9.10. The topological polar surface area (TPSA) is 35.2 Å². The van der Waals surface area contributed by atoms with Gasteiger partial charge in [-0.3, -0.25) is 0 Å². The number of rotatable bonds is 3. The first-order valence-electron chi connectivity index (χ1n) is 5.34. The molecule has 84 valence electrons. The van der Waals surface area contributed by atoms with Crippen LogP contribution in [0, 0.1) is 0 Å². The molecule has 0 amide bonds. The fourth-order valence-electron chi connectivity index (χ4n) is 1.96. The molecule has 2 unspecified atom stereocenters. The highest BCUT2D eigenvalue weighted by Crippen LogP contribution is 2.24. The average Bonchev–Trinajstić information content (AvgIpc) is 2.62. The molecule has 0 bridgehead atoms. The van der Waals surface area contributed by atoms with Crippen molar-refractivity contribution >= 4 is 27.3 Å². The first-order valence-corrected chi connectivity index (χ1v) is 7.01. The second kappa shape index (κ2) is 5.43. The quantitative estimate of drug-likeness (QED) is 0.927. The van der Waals surface area contributed by atoms with Crippen molar-refractivity contribution in [3.05, 3.63) is 20.8 Å². The van der Waals surface area contributed by atoms with E-state index in [0.29, 0.717) is 12.1 Å². The molecule has 2 atom stereocenters. The van der Waals surface area contributed by atoms with Crippen LogP contribution in [0.25, 0.3) is 0 Å². The molecular weight excluding hydrogens is 274 g/mol. The highest BCUT2D eigenvalue weighted by Gasteiger charge is 2.19. The minimum atomic E-state index is 0.346. The van der Waals surface area contributed by atoms with E-state index in [-0.39, 0.29) is 0 Å². The Morgan fingerprint density at radius 1 is 1.53 bits per heavy atom. The van der Waals surface area contributed by atoms with E-state index in [1.807, 2.05) is 0 Å². The number of nitrogens with two attached hydrogens (primary N) is 1. The fraction of sp³-hybridized carbons (Fsp3) is 0.636. The SMILES string of the molecule is NC1CCCC(OCc2cc(Br)cs2)C1. The van der Waals surface area contributed by atoms with E-state index in [1.54, 1.807) is 11.3 Å². The molecule has 1 fully saturated rings. The largest absolute Gasteiger partial charge is 0.373 e. The predicted molar refractivity (Wildman–Crippen MR) is 67.0 cm³/mol. The van der Waals surface area contributed by atoms with Crippen LogP contribution in [-0.2, 0) is 11.3 Å². The minimum absolute atomic E-state index is 0.346. The lowest BCUT2D eigenvalue weighted by Gasteiger charge is -2.26. The number of thiophene rings is 1. The minimum Gasteiger partial charge on any atom is -0.373 e. The van der Waals surface area contributed by atoms with E-state index in [1.165, 1.54) is 17.7 Å². The molecule has 4 heteroatoms. The second-order valence-electron chi connectivity index (χ2n) is 4.09. The van der Waals surface area contributed by atoms with Crippen molar-refractivity contribution in [1.29, 1.82) is 0 Å². The normalized spacial score (nSPS) is 26.8. The maximum Gasteiger partial charge on any atom is 0.0813 e. The van der Waals surface area contributed by atoms with E-state index >= 15 is 0 Å². The molecule has 0 radical (unpaired) electrons. The zero-order valence-corrected chi connectivity index (χ0v) is 11.0. The highest BCUT2D eigenvalue weighted by atomic mass is 79.9. The van der Waals surface area contributed by atoms with Crippen LogP contribution in [0.2, 0.25) is 0 Å². The molecule has 1 aliphatic rings. The van der Waals surface area contributed by atoms with Gasteiger partial charge in [0, 0.05) is 20.8 Å². The fourth-order valence-corrected chi connectivity index (χ4v) is 3.33. The van der Waals surface area contributed by atoms with E-state index in [9.17, 15) is 0 Å². The predicted octanol–water partition coefficient (Wildman–Crippen LogP) is 3.30. The number of ether oxygens (including phenoxy) is 1. The third kappa shape index (κ3) is 3.55. The Balaban J connectivity index is 1.77. The van der Waals surface area contributed by atoms with E-state index in [2.05, 4.69) is 27.4 Å². The van der Waals surface area contributed by atoms with Crippen LogP contribution < -0.4 is 5.73 Å². The van der Waals surface area contributed by atoms with Crippen LogP contribution in [-0.4, -0.2) is 12.1 Å². The Hall–Kier alpha value is 0.1000. The van der Waals surface area contributed by atoms with E-state index in [0.717, 1.165) is 23.9 Å². The number of halogens is 1. The third-order valence-corrected chi connectivity index (χ3v) is 4.42. The average molecular weight is 290 g/mol. The molecule has 0 spiro atoms. The van der Waals surface area contributed by atoms with Gasteiger partial charge in [-0.25, -0.2) is 0 Å². The molecule has 0 aliphatic heterocycles. The number of hydrogen-bond acceptors (Lipinski definition) is 3. The van der Waals surface area contributed by atoms with Gasteiger partial charge in [-0.1, -0.05) is 0 Å². The Kier molecular flexibility index (Phi) is 4.20. The van der Waals surface area contributed by atoms with Crippen molar-refractivity contribution in [3.8, 4) is 0 Å². The Labute approximate surface area is 103 Å². The summed E-state index contributed by atoms with van der Waals surface area (Å²) >= 11 is 5.18. The van der Waals surface area contributed by atoms with Crippen molar-refractivity contribution in [2.75, 3.05) is 0 Å². The van der Waals surface area contributed by atoms with Crippen molar-refractivity contribution in [3.63, 3.8) is 0 Å². The summed E-state index contributed by atoms with van der Waals surface area (Å²) in [6.45, 7) is 0.730. The van der Waals surface area contributed by atoms with Crippen LogP contribution in [0.5, 0.6) is 0 Å². The summed E-state index contributed by atoms with van der Waals surface area (Å²) < 4.78 is 7.01. The maximum absolute atomic E-state index is 5.91. The van der Waals surface area contributed by atoms with Crippen molar-refractivity contribution in [2.24, 2.45) is 5.73 Å². The van der Waals surface area contributed by atoms with Gasteiger partial charge in [-0.15, -0.1) is 11.3 Å². The van der Waals surface area contributed by atoms with Gasteiger partial charge in [0.05, 0.1) is 12.7 Å². The lowest BCUT2D eigenvalue weighted by Crippen LogP contribution is -2.32. The molecule has 0 saturated heterocycles. The summed E-state index contributed by atoms with van der Waals surface area (Å²) in [6.07, 6.45) is 4.92. The monoisotopic (exact) mass is 289 g/mol. The van der Waals surface area contributed by atoms with E-state index < -0.39 is 0 Å². The molecule has 1 aromatic heterocycles. The molecule has 1 aliphatic carbocycles. The summed E-state index contributed by atoms with van der Waals surface area (Å²) in [7, 11) is 0. The van der Waals surface area contributed by atoms with Crippen molar-refractivity contribution < 1.29 is 4.74 Å². The van der Waals surface area contributed by atoms with Gasteiger partial charge in [-0.2, -0.15) is 0 Å². The Bertz CT molecular complexity index is 315. The summed E-state index contributed by atoms with van der Waals surface area (Å²) in [5.41, 5.74) is 5.91. The molecule has 1 heterocycles. The molecule has 1 saturated carbocycles. The summed E-state index contributed by atoms with van der Waals surface area (Å²) in [5, 5.41) is 2.09.